The molecule has 0 radical (unpaired) electrons. The number of nitrogens with one attached hydrogen (secondary N) is 1. The van der Waals surface area contributed by atoms with Crippen LogP contribution < -0.4 is 9.62 Å². The highest BCUT2D eigenvalue weighted by atomic mass is 32.2. The lowest BCUT2D eigenvalue weighted by Gasteiger charge is -2.31. The smallest absolute Gasteiger partial charge is 0.264 e. The molecule has 0 bridgehead atoms. The molecule has 6 heteroatoms. The van der Waals surface area contributed by atoms with Crippen LogP contribution >= 0.6 is 0 Å². The molecule has 0 fully saturated rings. The van der Waals surface area contributed by atoms with Crippen molar-refractivity contribution < 1.29 is 13.2 Å². The summed E-state index contributed by atoms with van der Waals surface area (Å²) in [7, 11) is -2.07. The molecule has 3 aromatic rings. The molecule has 1 aliphatic rings. The number of carbonyl (C=O) groups is 1. The first-order valence-electron chi connectivity index (χ1n) is 9.32. The zero-order valence-corrected chi connectivity index (χ0v) is 17.6. The first-order chi connectivity index (χ1) is 13.7. The van der Waals surface area contributed by atoms with E-state index in [1.54, 1.807) is 43.4 Å². The van der Waals surface area contributed by atoms with E-state index in [0.29, 0.717) is 16.8 Å². The highest BCUT2D eigenvalue weighted by Gasteiger charge is 2.33. The Morgan fingerprint density at radius 3 is 2.31 bits per heavy atom. The Morgan fingerprint density at radius 1 is 0.862 bits per heavy atom. The fourth-order valence-electron chi connectivity index (χ4n) is 3.74. The van der Waals surface area contributed by atoms with Gasteiger partial charge in [0.2, 0.25) is 0 Å². The zero-order valence-electron chi connectivity index (χ0n) is 16.8. The zero-order chi connectivity index (χ0) is 20.9. The van der Waals surface area contributed by atoms with E-state index in [2.05, 4.69) is 5.32 Å². The molecule has 0 aromatic heterocycles. The number of amides is 1. The molecule has 0 aliphatic carbocycles. The van der Waals surface area contributed by atoms with Crippen LogP contribution in [0.2, 0.25) is 0 Å². The monoisotopic (exact) mass is 406 g/mol. The van der Waals surface area contributed by atoms with Crippen molar-refractivity contribution in [1.29, 1.82) is 0 Å². The summed E-state index contributed by atoms with van der Waals surface area (Å²) >= 11 is 0. The van der Waals surface area contributed by atoms with Gasteiger partial charge in [-0.05, 0) is 67.8 Å². The third-order valence-electron chi connectivity index (χ3n) is 5.46. The molecule has 5 nitrogen and oxygen atoms in total. The number of benzene rings is 3. The lowest BCUT2D eigenvalue weighted by molar-refractivity contribution is 0.102. The number of carbonyl (C=O) groups excluding carboxylic acids is 1. The minimum absolute atomic E-state index is 0.229. The standard InChI is InChI=1S/C23H22N2O3S/c1-14-9-10-18(12-15(14)2)24-23(26)17-11-16(3)22-20(13-17)19-7-5-6-8-21(19)29(27,28)25(22)4/h5-13H,1-4H3,(H,24,26). The molecule has 4 rings (SSSR count). The van der Waals surface area contributed by atoms with Crippen LogP contribution in [0.3, 0.4) is 0 Å². The van der Waals surface area contributed by atoms with E-state index in [4.69, 9.17) is 0 Å². The fraction of sp³-hybridized carbons (Fsp3) is 0.174. The topological polar surface area (TPSA) is 66.5 Å². The summed E-state index contributed by atoms with van der Waals surface area (Å²) in [5, 5.41) is 2.94. The van der Waals surface area contributed by atoms with E-state index in [-0.39, 0.29) is 10.8 Å². The Kier molecular flexibility index (Phi) is 4.46. The Labute approximate surface area is 171 Å². The van der Waals surface area contributed by atoms with Crippen molar-refractivity contribution in [2.24, 2.45) is 0 Å². The molecule has 0 unspecified atom stereocenters. The maximum absolute atomic E-state index is 12.9. The predicted octanol–water partition coefficient (Wildman–Crippen LogP) is 4.67. The molecule has 1 amide bonds. The SMILES string of the molecule is Cc1ccc(NC(=O)c2cc(C)c3c(c2)-c2ccccc2S(=O)(=O)N3C)cc1C. The number of sulfonamides is 1. The summed E-state index contributed by atoms with van der Waals surface area (Å²) in [6.07, 6.45) is 0. The molecule has 0 atom stereocenters. The number of fused-ring (bicyclic) bond motifs is 3. The van der Waals surface area contributed by atoms with Crippen molar-refractivity contribution >= 4 is 27.3 Å². The molecular formula is C23H22N2O3S. The molecule has 0 spiro atoms. The molecule has 0 saturated carbocycles. The van der Waals surface area contributed by atoms with Gasteiger partial charge in [0.05, 0.1) is 10.6 Å². The number of hydrogen-bond donors (Lipinski definition) is 1. The van der Waals surface area contributed by atoms with Gasteiger partial charge < -0.3 is 5.32 Å². The number of aryl methyl sites for hydroxylation is 3. The van der Waals surface area contributed by atoms with Crippen LogP contribution in [0, 0.1) is 20.8 Å². The molecule has 148 valence electrons. The van der Waals surface area contributed by atoms with E-state index < -0.39 is 10.0 Å². The summed E-state index contributed by atoms with van der Waals surface area (Å²) in [5.74, 6) is -0.229. The Hall–Kier alpha value is -3.12. The highest BCUT2D eigenvalue weighted by molar-refractivity contribution is 7.93. The van der Waals surface area contributed by atoms with Crippen LogP contribution in [0.1, 0.15) is 27.0 Å². The number of anilines is 2. The summed E-state index contributed by atoms with van der Waals surface area (Å²) in [6, 6.07) is 16.2. The second-order valence-electron chi connectivity index (χ2n) is 7.41. The van der Waals surface area contributed by atoms with E-state index in [0.717, 1.165) is 27.9 Å². The van der Waals surface area contributed by atoms with Gasteiger partial charge in [-0.15, -0.1) is 0 Å². The molecule has 0 saturated heterocycles. The van der Waals surface area contributed by atoms with Crippen molar-refractivity contribution in [3.05, 3.63) is 76.9 Å². The van der Waals surface area contributed by atoms with Gasteiger partial charge >= 0.3 is 0 Å². The molecular weight excluding hydrogens is 384 g/mol. The van der Waals surface area contributed by atoms with Gasteiger partial charge in [0, 0.05) is 29.4 Å². The van der Waals surface area contributed by atoms with Crippen molar-refractivity contribution in [2.75, 3.05) is 16.7 Å². The molecule has 1 aliphatic heterocycles. The summed E-state index contributed by atoms with van der Waals surface area (Å²) < 4.78 is 27.1. The van der Waals surface area contributed by atoms with E-state index >= 15 is 0 Å². The Morgan fingerprint density at radius 2 is 1.59 bits per heavy atom. The first kappa shape index (κ1) is 19.2. The van der Waals surface area contributed by atoms with Crippen LogP contribution in [0.5, 0.6) is 0 Å². The van der Waals surface area contributed by atoms with Gasteiger partial charge in [-0.2, -0.15) is 0 Å². The average Bonchev–Trinajstić information content (AvgIpc) is 2.69. The van der Waals surface area contributed by atoms with E-state index in [9.17, 15) is 13.2 Å². The average molecular weight is 407 g/mol. The van der Waals surface area contributed by atoms with Crippen LogP contribution in [-0.2, 0) is 10.0 Å². The van der Waals surface area contributed by atoms with Gasteiger partial charge in [-0.25, -0.2) is 8.42 Å². The van der Waals surface area contributed by atoms with Crippen molar-refractivity contribution in [2.45, 2.75) is 25.7 Å². The first-order valence-corrected chi connectivity index (χ1v) is 10.8. The van der Waals surface area contributed by atoms with Crippen molar-refractivity contribution in [1.82, 2.24) is 0 Å². The van der Waals surface area contributed by atoms with Crippen LogP contribution in [0.15, 0.2) is 59.5 Å². The molecule has 1 heterocycles. The number of hydrogen-bond acceptors (Lipinski definition) is 3. The minimum Gasteiger partial charge on any atom is -0.322 e. The Balaban J connectivity index is 1.81. The number of nitrogens with zero attached hydrogens (tertiary/aromatic N) is 1. The lowest BCUT2D eigenvalue weighted by Crippen LogP contribution is -2.31. The van der Waals surface area contributed by atoms with Gasteiger partial charge in [0.1, 0.15) is 0 Å². The second kappa shape index (κ2) is 6.74. The van der Waals surface area contributed by atoms with Gasteiger partial charge in [-0.3, -0.25) is 9.10 Å². The largest absolute Gasteiger partial charge is 0.322 e. The van der Waals surface area contributed by atoms with Crippen LogP contribution in [0.4, 0.5) is 11.4 Å². The highest BCUT2D eigenvalue weighted by Crippen LogP contribution is 2.44. The molecule has 29 heavy (non-hydrogen) atoms. The summed E-state index contributed by atoms with van der Waals surface area (Å²) in [6.45, 7) is 5.85. The van der Waals surface area contributed by atoms with Crippen LogP contribution in [0.25, 0.3) is 11.1 Å². The molecule has 3 aromatic carbocycles. The third kappa shape index (κ3) is 3.09. The predicted molar refractivity (Wildman–Crippen MR) is 116 cm³/mol. The molecule has 1 N–H and O–H groups in total. The van der Waals surface area contributed by atoms with Gasteiger partial charge in [0.15, 0.2) is 0 Å². The Bertz CT molecular complexity index is 1260. The number of rotatable bonds is 2. The van der Waals surface area contributed by atoms with E-state index in [1.807, 2.05) is 39.0 Å². The van der Waals surface area contributed by atoms with Crippen LogP contribution in [-0.4, -0.2) is 21.4 Å². The minimum atomic E-state index is -3.61. The van der Waals surface area contributed by atoms with Gasteiger partial charge in [0.25, 0.3) is 15.9 Å². The summed E-state index contributed by atoms with van der Waals surface area (Å²) in [4.78, 5) is 13.2. The second-order valence-corrected chi connectivity index (χ2v) is 9.35. The summed E-state index contributed by atoms with van der Waals surface area (Å²) in [5.41, 5.74) is 6.17. The quantitative estimate of drug-likeness (QED) is 0.673. The van der Waals surface area contributed by atoms with E-state index in [1.165, 1.54) is 4.31 Å². The lowest BCUT2D eigenvalue weighted by atomic mass is 9.96. The third-order valence-corrected chi connectivity index (χ3v) is 7.27. The maximum Gasteiger partial charge on any atom is 0.264 e. The maximum atomic E-state index is 12.9. The van der Waals surface area contributed by atoms with Crippen molar-refractivity contribution in [3.8, 4) is 11.1 Å². The fourth-order valence-corrected chi connectivity index (χ4v) is 5.22. The van der Waals surface area contributed by atoms with Crippen molar-refractivity contribution in [3.63, 3.8) is 0 Å². The normalized spacial score (nSPS) is 14.1. The van der Waals surface area contributed by atoms with Gasteiger partial charge in [-0.1, -0.05) is 24.3 Å².